The minimum Gasteiger partial charge on any atom is -0.382 e. The maximum atomic E-state index is 5.69. The molecule has 0 saturated carbocycles. The van der Waals surface area contributed by atoms with Crippen LogP contribution in [0.2, 0.25) is 0 Å². The van der Waals surface area contributed by atoms with Crippen LogP contribution in [0.1, 0.15) is 41.0 Å². The number of methoxy groups -OCH3 is 1. The van der Waals surface area contributed by atoms with E-state index in [9.17, 15) is 0 Å². The highest BCUT2D eigenvalue weighted by atomic mass is 16.5. The van der Waals surface area contributed by atoms with E-state index < -0.39 is 0 Å². The number of rotatable bonds is 14. The molecule has 21 heavy (non-hydrogen) atoms. The van der Waals surface area contributed by atoms with Gasteiger partial charge in [-0.1, -0.05) is 34.6 Å². The molecule has 0 heterocycles. The molecule has 128 valence electrons. The molecule has 0 radical (unpaired) electrons. The molecule has 0 aromatic rings. The smallest absolute Gasteiger partial charge is 0.0701 e. The Morgan fingerprint density at radius 3 is 2.00 bits per heavy atom. The highest BCUT2D eigenvalue weighted by Crippen LogP contribution is 2.30. The Balaban J connectivity index is 3.77. The van der Waals surface area contributed by atoms with Crippen molar-refractivity contribution in [2.75, 3.05) is 53.2 Å². The molecule has 4 heteroatoms. The van der Waals surface area contributed by atoms with Crippen LogP contribution in [-0.2, 0) is 14.2 Å². The molecule has 0 spiro atoms. The van der Waals surface area contributed by atoms with Gasteiger partial charge >= 0.3 is 0 Å². The van der Waals surface area contributed by atoms with Gasteiger partial charge in [0.2, 0.25) is 0 Å². The summed E-state index contributed by atoms with van der Waals surface area (Å²) in [6.45, 7) is 17.0. The fourth-order valence-corrected chi connectivity index (χ4v) is 2.00. The summed E-state index contributed by atoms with van der Waals surface area (Å²) in [4.78, 5) is 0. The van der Waals surface area contributed by atoms with Crippen LogP contribution in [0.25, 0.3) is 0 Å². The Kier molecular flexibility index (Phi) is 12.3. The molecule has 0 aliphatic heterocycles. The quantitative estimate of drug-likeness (QED) is 0.501. The van der Waals surface area contributed by atoms with E-state index in [1.807, 2.05) is 0 Å². The van der Waals surface area contributed by atoms with Crippen LogP contribution in [-0.4, -0.2) is 53.2 Å². The Morgan fingerprint density at radius 2 is 1.48 bits per heavy atom. The largest absolute Gasteiger partial charge is 0.382 e. The summed E-state index contributed by atoms with van der Waals surface area (Å²) in [6.07, 6.45) is 1.08. The van der Waals surface area contributed by atoms with Crippen LogP contribution in [0.15, 0.2) is 0 Å². The molecule has 0 rings (SSSR count). The Bertz CT molecular complexity index is 234. The van der Waals surface area contributed by atoms with Crippen molar-refractivity contribution in [2.45, 2.75) is 41.0 Å². The third kappa shape index (κ3) is 11.1. The predicted molar refractivity (Wildman–Crippen MR) is 88.8 cm³/mol. The van der Waals surface area contributed by atoms with Gasteiger partial charge < -0.3 is 19.5 Å². The molecule has 1 unspecified atom stereocenters. The van der Waals surface area contributed by atoms with E-state index in [1.54, 1.807) is 7.11 Å². The first-order valence-corrected chi connectivity index (χ1v) is 8.27. The van der Waals surface area contributed by atoms with Gasteiger partial charge in [0, 0.05) is 20.3 Å². The molecule has 0 aromatic carbocycles. The number of nitrogens with one attached hydrogen (secondary N) is 1. The van der Waals surface area contributed by atoms with Crippen molar-refractivity contribution in [3.8, 4) is 0 Å². The number of hydrogen-bond donors (Lipinski definition) is 1. The zero-order chi connectivity index (χ0) is 16.1. The first-order valence-electron chi connectivity index (χ1n) is 8.27. The second-order valence-electron chi connectivity index (χ2n) is 6.80. The van der Waals surface area contributed by atoms with E-state index in [2.05, 4.69) is 39.9 Å². The maximum Gasteiger partial charge on any atom is 0.0701 e. The lowest BCUT2D eigenvalue weighted by molar-refractivity contribution is 0.0136. The van der Waals surface area contributed by atoms with Gasteiger partial charge in [-0.2, -0.15) is 0 Å². The average Bonchev–Trinajstić information content (AvgIpc) is 2.41. The van der Waals surface area contributed by atoms with Crippen molar-refractivity contribution in [3.05, 3.63) is 0 Å². The normalized spacial score (nSPS) is 14.9. The van der Waals surface area contributed by atoms with Crippen LogP contribution in [0.5, 0.6) is 0 Å². The summed E-state index contributed by atoms with van der Waals surface area (Å²) in [6, 6.07) is 0. The average molecular weight is 303 g/mol. The fourth-order valence-electron chi connectivity index (χ4n) is 2.00. The topological polar surface area (TPSA) is 39.7 Å². The Morgan fingerprint density at radius 1 is 0.905 bits per heavy atom. The maximum absolute atomic E-state index is 5.69. The lowest BCUT2D eigenvalue weighted by Crippen LogP contribution is -2.38. The van der Waals surface area contributed by atoms with Crippen molar-refractivity contribution in [2.24, 2.45) is 17.3 Å². The first kappa shape index (κ1) is 20.8. The zero-order valence-electron chi connectivity index (χ0n) is 15.0. The van der Waals surface area contributed by atoms with E-state index in [0.29, 0.717) is 38.3 Å². The molecule has 0 bridgehead atoms. The SMILES string of the molecule is COCCOCCOCCC(C)(CNCC(C)C)C(C)C. The van der Waals surface area contributed by atoms with Gasteiger partial charge in [-0.25, -0.2) is 0 Å². The van der Waals surface area contributed by atoms with Crippen molar-refractivity contribution >= 4 is 0 Å². The first-order chi connectivity index (χ1) is 9.92. The van der Waals surface area contributed by atoms with Gasteiger partial charge in [0.25, 0.3) is 0 Å². The standard InChI is InChI=1S/C17H37NO3/c1-15(2)13-18-14-17(5,16(3)4)7-8-20-11-12-21-10-9-19-6/h15-16,18H,7-14H2,1-6H3. The lowest BCUT2D eigenvalue weighted by atomic mass is 9.76. The van der Waals surface area contributed by atoms with Crippen LogP contribution >= 0.6 is 0 Å². The van der Waals surface area contributed by atoms with Crippen molar-refractivity contribution < 1.29 is 14.2 Å². The summed E-state index contributed by atoms with van der Waals surface area (Å²) in [7, 11) is 1.68. The van der Waals surface area contributed by atoms with E-state index in [0.717, 1.165) is 26.1 Å². The second kappa shape index (κ2) is 12.4. The van der Waals surface area contributed by atoms with E-state index in [-0.39, 0.29) is 5.41 Å². The van der Waals surface area contributed by atoms with Crippen LogP contribution in [0.4, 0.5) is 0 Å². The molecule has 0 aromatic heterocycles. The van der Waals surface area contributed by atoms with E-state index in [4.69, 9.17) is 14.2 Å². The van der Waals surface area contributed by atoms with Gasteiger partial charge in [-0.05, 0) is 30.2 Å². The highest BCUT2D eigenvalue weighted by Gasteiger charge is 2.27. The van der Waals surface area contributed by atoms with Crippen molar-refractivity contribution in [1.29, 1.82) is 0 Å². The van der Waals surface area contributed by atoms with Gasteiger partial charge in [0.15, 0.2) is 0 Å². The fraction of sp³-hybridized carbons (Fsp3) is 1.00. The summed E-state index contributed by atoms with van der Waals surface area (Å²) in [5.74, 6) is 1.33. The van der Waals surface area contributed by atoms with Crippen LogP contribution < -0.4 is 5.32 Å². The monoisotopic (exact) mass is 303 g/mol. The summed E-state index contributed by atoms with van der Waals surface area (Å²) in [5, 5.41) is 3.59. The highest BCUT2D eigenvalue weighted by molar-refractivity contribution is 4.80. The number of hydrogen-bond acceptors (Lipinski definition) is 4. The van der Waals surface area contributed by atoms with Crippen molar-refractivity contribution in [1.82, 2.24) is 5.32 Å². The predicted octanol–water partition coefficient (Wildman–Crippen LogP) is 2.96. The molecule has 0 saturated heterocycles. The Hall–Kier alpha value is -0.160. The third-order valence-electron chi connectivity index (χ3n) is 4.10. The molecular weight excluding hydrogens is 266 g/mol. The van der Waals surface area contributed by atoms with Gasteiger partial charge in [-0.3, -0.25) is 0 Å². The molecule has 0 amide bonds. The Labute approximate surface area is 131 Å². The molecule has 1 N–H and O–H groups in total. The van der Waals surface area contributed by atoms with E-state index in [1.165, 1.54) is 0 Å². The summed E-state index contributed by atoms with van der Waals surface area (Å²) in [5.41, 5.74) is 0.284. The zero-order valence-corrected chi connectivity index (χ0v) is 15.0. The van der Waals surface area contributed by atoms with Crippen LogP contribution in [0.3, 0.4) is 0 Å². The van der Waals surface area contributed by atoms with Gasteiger partial charge in [-0.15, -0.1) is 0 Å². The third-order valence-corrected chi connectivity index (χ3v) is 4.10. The molecule has 0 fully saturated rings. The minimum atomic E-state index is 0.284. The number of ether oxygens (including phenoxy) is 3. The summed E-state index contributed by atoms with van der Waals surface area (Å²) < 4.78 is 16.0. The van der Waals surface area contributed by atoms with Gasteiger partial charge in [0.1, 0.15) is 0 Å². The summed E-state index contributed by atoms with van der Waals surface area (Å²) >= 11 is 0. The van der Waals surface area contributed by atoms with E-state index >= 15 is 0 Å². The van der Waals surface area contributed by atoms with Gasteiger partial charge in [0.05, 0.1) is 26.4 Å². The second-order valence-corrected chi connectivity index (χ2v) is 6.80. The molecule has 4 nitrogen and oxygen atoms in total. The molecule has 1 atom stereocenters. The molecular formula is C17H37NO3. The minimum absolute atomic E-state index is 0.284. The van der Waals surface area contributed by atoms with Crippen LogP contribution in [0, 0.1) is 17.3 Å². The molecule has 0 aliphatic rings. The van der Waals surface area contributed by atoms with Crippen molar-refractivity contribution in [3.63, 3.8) is 0 Å². The lowest BCUT2D eigenvalue weighted by Gasteiger charge is -2.34. The molecule has 0 aliphatic carbocycles.